The molecular formula is C25H31N3O2S. The summed E-state index contributed by atoms with van der Waals surface area (Å²) in [5.74, 6) is 0.145. The largest absolute Gasteiger partial charge is 0.354 e. The molecule has 3 heterocycles. The molecule has 1 N–H and O–H groups in total. The van der Waals surface area contributed by atoms with E-state index in [4.69, 9.17) is 0 Å². The van der Waals surface area contributed by atoms with Gasteiger partial charge < -0.3 is 10.2 Å². The highest BCUT2D eigenvalue weighted by molar-refractivity contribution is 7.10. The summed E-state index contributed by atoms with van der Waals surface area (Å²) in [6.45, 7) is 4.15. The van der Waals surface area contributed by atoms with Crippen molar-refractivity contribution in [1.29, 1.82) is 0 Å². The normalized spacial score (nSPS) is 19.0. The van der Waals surface area contributed by atoms with Gasteiger partial charge in [-0.05, 0) is 61.9 Å². The fourth-order valence-corrected chi connectivity index (χ4v) is 5.35. The van der Waals surface area contributed by atoms with Crippen molar-refractivity contribution in [2.75, 3.05) is 32.7 Å². The van der Waals surface area contributed by atoms with E-state index in [0.717, 1.165) is 31.5 Å². The van der Waals surface area contributed by atoms with Gasteiger partial charge in [0, 0.05) is 36.5 Å². The Kier molecular flexibility index (Phi) is 7.54. The Labute approximate surface area is 188 Å². The molecule has 5 nitrogen and oxygen atoms in total. The Morgan fingerprint density at radius 1 is 1.03 bits per heavy atom. The van der Waals surface area contributed by atoms with E-state index in [9.17, 15) is 9.59 Å². The third-order valence-corrected chi connectivity index (χ3v) is 7.29. The highest BCUT2D eigenvalue weighted by Gasteiger charge is 2.29. The van der Waals surface area contributed by atoms with Crippen molar-refractivity contribution < 1.29 is 9.59 Å². The van der Waals surface area contributed by atoms with Crippen LogP contribution in [-0.2, 0) is 9.59 Å². The molecule has 4 rings (SSSR count). The van der Waals surface area contributed by atoms with Gasteiger partial charge in [-0.3, -0.25) is 14.5 Å². The second-order valence-corrected chi connectivity index (χ2v) is 9.34. The lowest BCUT2D eigenvalue weighted by Crippen LogP contribution is -2.44. The average Bonchev–Trinajstić information content (AvgIpc) is 3.53. The van der Waals surface area contributed by atoms with Gasteiger partial charge in [-0.2, -0.15) is 0 Å². The fraction of sp³-hybridized carbons (Fsp3) is 0.440. The standard InChI is InChI=1S/C25H31N3O2S/c29-24(11-10-20-7-2-1-3-8-20)28-16-12-21(13-17-28)25(30)26-19-22(23-9-6-18-31-23)27-14-4-5-15-27/h1-3,6-11,18,21-22H,4-5,12-17,19H2,(H,26,30)/b11-10+/t22-/m1/s1. The zero-order valence-corrected chi connectivity index (χ0v) is 18.7. The number of hydrogen-bond acceptors (Lipinski definition) is 4. The van der Waals surface area contributed by atoms with Crippen molar-refractivity contribution in [3.05, 3.63) is 64.4 Å². The molecule has 2 aromatic rings. The lowest BCUT2D eigenvalue weighted by atomic mass is 9.95. The third-order valence-electron chi connectivity index (χ3n) is 6.32. The van der Waals surface area contributed by atoms with E-state index < -0.39 is 0 Å². The molecule has 1 aromatic heterocycles. The van der Waals surface area contributed by atoms with E-state index in [1.807, 2.05) is 41.3 Å². The number of nitrogens with one attached hydrogen (secondary N) is 1. The van der Waals surface area contributed by atoms with Crippen molar-refractivity contribution in [3.63, 3.8) is 0 Å². The van der Waals surface area contributed by atoms with Crippen LogP contribution < -0.4 is 5.32 Å². The molecular weight excluding hydrogens is 406 g/mol. The zero-order valence-electron chi connectivity index (χ0n) is 17.9. The van der Waals surface area contributed by atoms with Gasteiger partial charge in [-0.15, -0.1) is 11.3 Å². The predicted octanol–water partition coefficient (Wildman–Crippen LogP) is 3.95. The second-order valence-electron chi connectivity index (χ2n) is 8.36. The second kappa shape index (κ2) is 10.7. The van der Waals surface area contributed by atoms with Crippen LogP contribution in [-0.4, -0.2) is 54.3 Å². The molecule has 0 radical (unpaired) electrons. The van der Waals surface area contributed by atoms with Crippen LogP contribution in [0.2, 0.25) is 0 Å². The summed E-state index contributed by atoms with van der Waals surface area (Å²) >= 11 is 1.77. The molecule has 0 aliphatic carbocycles. The number of carbonyl (C=O) groups excluding carboxylic acids is 2. The molecule has 2 saturated heterocycles. The van der Waals surface area contributed by atoms with Crippen LogP contribution in [0.15, 0.2) is 53.9 Å². The lowest BCUT2D eigenvalue weighted by Gasteiger charge is -2.32. The van der Waals surface area contributed by atoms with Gasteiger partial charge in [0.15, 0.2) is 0 Å². The maximum Gasteiger partial charge on any atom is 0.246 e. The summed E-state index contributed by atoms with van der Waals surface area (Å²) in [4.78, 5) is 31.0. The van der Waals surface area contributed by atoms with E-state index in [1.165, 1.54) is 17.7 Å². The summed E-state index contributed by atoms with van der Waals surface area (Å²) in [5, 5.41) is 5.33. The van der Waals surface area contributed by atoms with Crippen molar-refractivity contribution in [1.82, 2.24) is 15.1 Å². The first-order chi connectivity index (χ1) is 15.2. The number of rotatable bonds is 7. The molecule has 1 aromatic carbocycles. The van der Waals surface area contributed by atoms with Crippen LogP contribution in [0.3, 0.4) is 0 Å². The summed E-state index contributed by atoms with van der Waals surface area (Å²) in [7, 11) is 0. The molecule has 0 saturated carbocycles. The molecule has 2 amide bonds. The lowest BCUT2D eigenvalue weighted by molar-refractivity contribution is -0.132. The minimum Gasteiger partial charge on any atom is -0.354 e. The molecule has 0 spiro atoms. The van der Waals surface area contributed by atoms with Crippen LogP contribution in [0.25, 0.3) is 6.08 Å². The first kappa shape index (κ1) is 21.8. The van der Waals surface area contributed by atoms with E-state index in [-0.39, 0.29) is 23.8 Å². The Morgan fingerprint density at radius 3 is 2.45 bits per heavy atom. The highest BCUT2D eigenvalue weighted by atomic mass is 32.1. The summed E-state index contributed by atoms with van der Waals surface area (Å²) in [5.41, 5.74) is 1.02. The highest BCUT2D eigenvalue weighted by Crippen LogP contribution is 2.28. The maximum absolute atomic E-state index is 12.8. The minimum atomic E-state index is -0.00952. The van der Waals surface area contributed by atoms with Crippen molar-refractivity contribution in [2.24, 2.45) is 5.92 Å². The summed E-state index contributed by atoms with van der Waals surface area (Å²) in [6.07, 6.45) is 7.41. The molecule has 2 aliphatic heterocycles. The SMILES string of the molecule is O=C(NC[C@H](c1cccs1)N1CCCC1)C1CCN(C(=O)/C=C/c2ccccc2)CC1. The van der Waals surface area contributed by atoms with E-state index in [1.54, 1.807) is 17.4 Å². The quantitative estimate of drug-likeness (QED) is 0.668. The fourth-order valence-electron chi connectivity index (χ4n) is 4.48. The van der Waals surface area contributed by atoms with Gasteiger partial charge in [0.2, 0.25) is 11.8 Å². The van der Waals surface area contributed by atoms with Gasteiger partial charge in [-0.1, -0.05) is 36.4 Å². The van der Waals surface area contributed by atoms with Crippen molar-refractivity contribution >= 4 is 29.2 Å². The van der Waals surface area contributed by atoms with E-state index in [2.05, 4.69) is 27.7 Å². The Hall–Kier alpha value is -2.44. The topological polar surface area (TPSA) is 52.7 Å². The Bertz CT molecular complexity index is 867. The molecule has 6 heteroatoms. The monoisotopic (exact) mass is 437 g/mol. The van der Waals surface area contributed by atoms with Gasteiger partial charge in [-0.25, -0.2) is 0 Å². The van der Waals surface area contributed by atoms with Crippen LogP contribution in [0, 0.1) is 5.92 Å². The van der Waals surface area contributed by atoms with Crippen LogP contribution in [0.5, 0.6) is 0 Å². The first-order valence-electron chi connectivity index (χ1n) is 11.3. The number of thiophene rings is 1. The minimum absolute atomic E-state index is 0.00952. The Balaban J connectivity index is 1.25. The molecule has 164 valence electrons. The van der Waals surface area contributed by atoms with E-state index >= 15 is 0 Å². The van der Waals surface area contributed by atoms with Crippen molar-refractivity contribution in [3.8, 4) is 0 Å². The van der Waals surface area contributed by atoms with Gasteiger partial charge in [0.05, 0.1) is 6.04 Å². The smallest absolute Gasteiger partial charge is 0.246 e. The van der Waals surface area contributed by atoms with Gasteiger partial charge >= 0.3 is 0 Å². The number of benzene rings is 1. The maximum atomic E-state index is 12.8. The molecule has 1 atom stereocenters. The number of piperidine rings is 1. The van der Waals surface area contributed by atoms with E-state index in [0.29, 0.717) is 19.6 Å². The number of carbonyl (C=O) groups is 2. The number of nitrogens with zero attached hydrogens (tertiary/aromatic N) is 2. The molecule has 0 unspecified atom stereocenters. The summed E-state index contributed by atoms with van der Waals surface area (Å²) < 4.78 is 0. The molecule has 31 heavy (non-hydrogen) atoms. The molecule has 2 fully saturated rings. The first-order valence-corrected chi connectivity index (χ1v) is 12.2. The predicted molar refractivity (Wildman–Crippen MR) is 126 cm³/mol. The number of likely N-dealkylation sites (tertiary alicyclic amines) is 2. The zero-order chi connectivity index (χ0) is 21.5. The molecule has 0 bridgehead atoms. The third kappa shape index (κ3) is 5.83. The average molecular weight is 438 g/mol. The summed E-state index contributed by atoms with van der Waals surface area (Å²) in [6, 6.07) is 14.4. The molecule has 2 aliphatic rings. The van der Waals surface area contributed by atoms with Crippen LogP contribution >= 0.6 is 11.3 Å². The Morgan fingerprint density at radius 2 is 1.77 bits per heavy atom. The van der Waals surface area contributed by atoms with Gasteiger partial charge in [0.25, 0.3) is 0 Å². The van der Waals surface area contributed by atoms with Gasteiger partial charge in [0.1, 0.15) is 0 Å². The van der Waals surface area contributed by atoms with Crippen LogP contribution in [0.4, 0.5) is 0 Å². The van der Waals surface area contributed by atoms with Crippen molar-refractivity contribution in [2.45, 2.75) is 31.7 Å². The van der Waals surface area contributed by atoms with Crippen LogP contribution in [0.1, 0.15) is 42.2 Å². The number of amides is 2. The number of hydrogen-bond donors (Lipinski definition) is 1.